The molecule has 0 radical (unpaired) electrons. The third kappa shape index (κ3) is 2.33. The van der Waals surface area contributed by atoms with Crippen molar-refractivity contribution in [1.82, 2.24) is 10.4 Å². The van der Waals surface area contributed by atoms with Gasteiger partial charge < -0.3 is 4.42 Å². The summed E-state index contributed by atoms with van der Waals surface area (Å²) in [6.45, 7) is 1.91. The first-order valence-electron chi connectivity index (χ1n) is 6.21. The predicted octanol–water partition coefficient (Wildman–Crippen LogP) is 3.08. The molecule has 1 atom stereocenters. The molecule has 1 unspecified atom stereocenters. The fraction of sp³-hybridized carbons (Fsp3) is 0.214. The van der Waals surface area contributed by atoms with Crippen molar-refractivity contribution in [2.75, 3.05) is 0 Å². The first-order valence-corrected chi connectivity index (χ1v) is 7.09. The van der Waals surface area contributed by atoms with Crippen LogP contribution in [-0.4, -0.2) is 4.98 Å². The van der Waals surface area contributed by atoms with Crippen molar-refractivity contribution in [3.63, 3.8) is 0 Å². The molecular formula is C14H14FN3OS. The highest BCUT2D eigenvalue weighted by atomic mass is 32.1. The van der Waals surface area contributed by atoms with Crippen molar-refractivity contribution in [3.05, 3.63) is 51.9 Å². The van der Waals surface area contributed by atoms with Gasteiger partial charge in [-0.15, -0.1) is 11.3 Å². The highest BCUT2D eigenvalue weighted by molar-refractivity contribution is 7.09. The Morgan fingerprint density at radius 2 is 2.35 bits per heavy atom. The Hall–Kier alpha value is -1.76. The Balaban J connectivity index is 2.01. The smallest absolute Gasteiger partial charge is 0.134 e. The van der Waals surface area contributed by atoms with Gasteiger partial charge in [0.15, 0.2) is 0 Å². The van der Waals surface area contributed by atoms with Crippen molar-refractivity contribution in [3.8, 4) is 0 Å². The van der Waals surface area contributed by atoms with Gasteiger partial charge in [-0.3, -0.25) is 10.8 Å². The average Bonchev–Trinajstić information content (AvgIpc) is 3.05. The number of aryl methyl sites for hydroxylation is 1. The number of furan rings is 1. The van der Waals surface area contributed by atoms with Gasteiger partial charge in [-0.25, -0.2) is 9.82 Å². The zero-order chi connectivity index (χ0) is 14.1. The first-order chi connectivity index (χ1) is 9.69. The molecule has 1 aromatic carbocycles. The number of thiazole rings is 1. The van der Waals surface area contributed by atoms with Gasteiger partial charge in [-0.2, -0.15) is 0 Å². The molecule has 2 heterocycles. The van der Waals surface area contributed by atoms with Crippen LogP contribution in [0.15, 0.2) is 34.3 Å². The minimum atomic E-state index is -0.271. The summed E-state index contributed by atoms with van der Waals surface area (Å²) < 4.78 is 19.2. The molecule has 104 valence electrons. The van der Waals surface area contributed by atoms with Crippen molar-refractivity contribution >= 4 is 22.3 Å². The molecule has 0 fully saturated rings. The number of halogens is 1. The SMILES string of the molecule is Cc1c(C(Cc2cncs2)NN)oc2ccc(F)cc12. The molecule has 0 aliphatic carbocycles. The fourth-order valence-electron chi connectivity index (χ4n) is 2.32. The quantitative estimate of drug-likeness (QED) is 0.573. The summed E-state index contributed by atoms with van der Waals surface area (Å²) in [7, 11) is 0. The Bertz CT molecular complexity index is 723. The van der Waals surface area contributed by atoms with Crippen LogP contribution in [0.5, 0.6) is 0 Å². The number of aromatic nitrogens is 1. The van der Waals surface area contributed by atoms with Crippen LogP contribution in [0.3, 0.4) is 0 Å². The number of nitrogens with two attached hydrogens (primary N) is 1. The van der Waals surface area contributed by atoms with Crippen molar-refractivity contribution in [2.45, 2.75) is 19.4 Å². The molecule has 0 spiro atoms. The second kappa shape index (κ2) is 5.32. The molecule has 4 nitrogen and oxygen atoms in total. The number of nitrogens with zero attached hydrogens (tertiary/aromatic N) is 1. The maximum Gasteiger partial charge on any atom is 0.134 e. The number of rotatable bonds is 4. The van der Waals surface area contributed by atoms with Crippen LogP contribution in [0.4, 0.5) is 4.39 Å². The van der Waals surface area contributed by atoms with Gasteiger partial charge in [0.1, 0.15) is 17.2 Å². The Labute approximate surface area is 119 Å². The number of hydrogen-bond acceptors (Lipinski definition) is 5. The lowest BCUT2D eigenvalue weighted by atomic mass is 10.1. The summed E-state index contributed by atoms with van der Waals surface area (Å²) in [6.07, 6.45) is 2.50. The number of hydrazine groups is 1. The van der Waals surface area contributed by atoms with E-state index in [-0.39, 0.29) is 11.9 Å². The first kappa shape index (κ1) is 13.2. The maximum atomic E-state index is 13.3. The second-order valence-corrected chi connectivity index (χ2v) is 5.59. The van der Waals surface area contributed by atoms with Crippen molar-refractivity contribution in [2.24, 2.45) is 5.84 Å². The van der Waals surface area contributed by atoms with E-state index in [1.807, 2.05) is 13.1 Å². The molecule has 6 heteroatoms. The molecule has 0 bridgehead atoms. The van der Waals surface area contributed by atoms with E-state index in [0.29, 0.717) is 12.0 Å². The topological polar surface area (TPSA) is 64.1 Å². The van der Waals surface area contributed by atoms with Crippen LogP contribution in [0, 0.1) is 12.7 Å². The van der Waals surface area contributed by atoms with Gasteiger partial charge in [-0.05, 0) is 25.1 Å². The van der Waals surface area contributed by atoms with E-state index in [1.54, 1.807) is 22.9 Å². The molecule has 0 amide bonds. The Kier molecular flexibility index (Phi) is 3.52. The standard InChI is InChI=1S/C14H14FN3OS/c1-8-11-4-9(15)2-3-13(11)19-14(8)12(18-16)5-10-6-17-7-20-10/h2-4,6-7,12,18H,5,16H2,1H3. The number of fused-ring (bicyclic) bond motifs is 1. The van der Waals surface area contributed by atoms with E-state index in [4.69, 9.17) is 10.3 Å². The van der Waals surface area contributed by atoms with E-state index >= 15 is 0 Å². The minimum absolute atomic E-state index is 0.161. The van der Waals surface area contributed by atoms with Crippen LogP contribution < -0.4 is 11.3 Å². The summed E-state index contributed by atoms with van der Waals surface area (Å²) in [4.78, 5) is 5.16. The number of benzene rings is 1. The highest BCUT2D eigenvalue weighted by Crippen LogP contribution is 2.31. The van der Waals surface area contributed by atoms with E-state index in [0.717, 1.165) is 21.6 Å². The molecule has 0 saturated heterocycles. The summed E-state index contributed by atoms with van der Waals surface area (Å²) in [5.41, 5.74) is 6.13. The number of nitrogens with one attached hydrogen (secondary N) is 1. The largest absolute Gasteiger partial charge is 0.459 e. The Morgan fingerprint density at radius 3 is 3.05 bits per heavy atom. The molecule has 0 aliphatic heterocycles. The lowest BCUT2D eigenvalue weighted by Crippen LogP contribution is -2.29. The fourth-order valence-corrected chi connectivity index (χ4v) is 2.96. The van der Waals surface area contributed by atoms with Gasteiger partial charge in [0.2, 0.25) is 0 Å². The van der Waals surface area contributed by atoms with Crippen LogP contribution in [0.25, 0.3) is 11.0 Å². The summed E-state index contributed by atoms with van der Waals surface area (Å²) in [5, 5.41) is 0.782. The van der Waals surface area contributed by atoms with Gasteiger partial charge in [0.05, 0.1) is 11.6 Å². The van der Waals surface area contributed by atoms with E-state index in [9.17, 15) is 4.39 Å². The van der Waals surface area contributed by atoms with Crippen molar-refractivity contribution < 1.29 is 8.81 Å². The van der Waals surface area contributed by atoms with Gasteiger partial charge >= 0.3 is 0 Å². The summed E-state index contributed by atoms with van der Waals surface area (Å²) >= 11 is 1.57. The molecular weight excluding hydrogens is 277 g/mol. The maximum absolute atomic E-state index is 13.3. The zero-order valence-electron chi connectivity index (χ0n) is 10.9. The van der Waals surface area contributed by atoms with Crippen LogP contribution in [0.2, 0.25) is 0 Å². The monoisotopic (exact) mass is 291 g/mol. The third-order valence-electron chi connectivity index (χ3n) is 3.34. The summed E-state index contributed by atoms with van der Waals surface area (Å²) in [5.74, 6) is 6.11. The molecule has 20 heavy (non-hydrogen) atoms. The molecule has 0 aliphatic rings. The summed E-state index contributed by atoms with van der Waals surface area (Å²) in [6, 6.07) is 4.36. The highest BCUT2D eigenvalue weighted by Gasteiger charge is 2.20. The van der Waals surface area contributed by atoms with Crippen LogP contribution in [-0.2, 0) is 6.42 Å². The predicted molar refractivity (Wildman–Crippen MR) is 76.8 cm³/mol. The second-order valence-electron chi connectivity index (χ2n) is 4.62. The third-order valence-corrected chi connectivity index (χ3v) is 4.14. The lowest BCUT2D eigenvalue weighted by molar-refractivity contribution is 0.433. The van der Waals surface area contributed by atoms with E-state index < -0.39 is 0 Å². The number of hydrogen-bond donors (Lipinski definition) is 2. The van der Waals surface area contributed by atoms with Crippen molar-refractivity contribution in [1.29, 1.82) is 0 Å². The molecule has 3 rings (SSSR count). The van der Waals surface area contributed by atoms with Gasteiger partial charge in [0, 0.05) is 28.4 Å². The van der Waals surface area contributed by atoms with Crippen LogP contribution in [0.1, 0.15) is 22.2 Å². The average molecular weight is 291 g/mol. The minimum Gasteiger partial charge on any atom is -0.459 e. The van der Waals surface area contributed by atoms with Crippen LogP contribution >= 0.6 is 11.3 Å². The molecule has 3 N–H and O–H groups in total. The molecule has 2 aromatic heterocycles. The Morgan fingerprint density at radius 1 is 1.50 bits per heavy atom. The van der Waals surface area contributed by atoms with E-state index in [1.165, 1.54) is 12.1 Å². The van der Waals surface area contributed by atoms with Gasteiger partial charge in [-0.1, -0.05) is 0 Å². The van der Waals surface area contributed by atoms with E-state index in [2.05, 4.69) is 10.4 Å². The lowest BCUT2D eigenvalue weighted by Gasteiger charge is -2.13. The zero-order valence-corrected chi connectivity index (χ0v) is 11.7. The normalized spacial score (nSPS) is 12.9. The van der Waals surface area contributed by atoms with Gasteiger partial charge in [0.25, 0.3) is 0 Å². The molecule has 3 aromatic rings. The molecule has 0 saturated carbocycles.